The molecule has 0 fully saturated rings. The summed E-state index contributed by atoms with van der Waals surface area (Å²) < 4.78 is 53.7. The van der Waals surface area contributed by atoms with E-state index in [-0.39, 0.29) is 17.5 Å². The Morgan fingerprint density at radius 1 is 1.00 bits per heavy atom. The van der Waals surface area contributed by atoms with E-state index in [9.17, 15) is 17.6 Å². The maximum Gasteiger partial charge on any atom is 0.418 e. The van der Waals surface area contributed by atoms with E-state index in [2.05, 4.69) is 10.6 Å². The molecule has 2 aromatic rings. The maximum atomic E-state index is 13.5. The maximum absolute atomic E-state index is 13.5. The SMILES string of the molecule is C[C@H](Nc1c(C(F)(F)F)ccc2c1CCNCC2)c1ccc(F)cc1. The first-order valence-corrected chi connectivity index (χ1v) is 8.31. The lowest BCUT2D eigenvalue weighted by atomic mass is 9.95. The minimum Gasteiger partial charge on any atom is -0.378 e. The molecule has 134 valence electrons. The van der Waals surface area contributed by atoms with Gasteiger partial charge in [0.25, 0.3) is 0 Å². The number of benzene rings is 2. The average Bonchev–Trinajstić information content (AvgIpc) is 2.80. The molecule has 0 bridgehead atoms. The van der Waals surface area contributed by atoms with Crippen LogP contribution in [0.3, 0.4) is 0 Å². The summed E-state index contributed by atoms with van der Waals surface area (Å²) >= 11 is 0. The molecule has 3 rings (SSSR count). The summed E-state index contributed by atoms with van der Waals surface area (Å²) in [7, 11) is 0. The Kier molecular flexibility index (Phi) is 4.99. The van der Waals surface area contributed by atoms with E-state index in [1.54, 1.807) is 25.1 Å². The van der Waals surface area contributed by atoms with Crippen LogP contribution in [0.2, 0.25) is 0 Å². The largest absolute Gasteiger partial charge is 0.418 e. The summed E-state index contributed by atoms with van der Waals surface area (Å²) in [4.78, 5) is 0. The van der Waals surface area contributed by atoms with Gasteiger partial charge in [0.15, 0.2) is 0 Å². The van der Waals surface area contributed by atoms with Crippen LogP contribution in [0.1, 0.15) is 35.2 Å². The summed E-state index contributed by atoms with van der Waals surface area (Å²) in [6.07, 6.45) is -3.19. The number of fused-ring (bicyclic) bond motifs is 1. The van der Waals surface area contributed by atoms with E-state index in [0.29, 0.717) is 24.9 Å². The van der Waals surface area contributed by atoms with Crippen molar-refractivity contribution in [1.82, 2.24) is 5.32 Å². The van der Waals surface area contributed by atoms with Gasteiger partial charge in [0.2, 0.25) is 0 Å². The highest BCUT2D eigenvalue weighted by molar-refractivity contribution is 5.63. The minimum atomic E-state index is -4.43. The summed E-state index contributed by atoms with van der Waals surface area (Å²) in [6, 6.07) is 8.17. The number of nitrogens with one attached hydrogen (secondary N) is 2. The van der Waals surface area contributed by atoms with Crippen molar-refractivity contribution in [3.8, 4) is 0 Å². The molecule has 0 saturated heterocycles. The zero-order valence-electron chi connectivity index (χ0n) is 13.9. The van der Waals surface area contributed by atoms with Crippen molar-refractivity contribution in [2.24, 2.45) is 0 Å². The molecule has 0 aromatic heterocycles. The van der Waals surface area contributed by atoms with E-state index in [0.717, 1.165) is 23.7 Å². The van der Waals surface area contributed by atoms with Gasteiger partial charge in [-0.1, -0.05) is 18.2 Å². The van der Waals surface area contributed by atoms with Crippen LogP contribution in [0.4, 0.5) is 23.2 Å². The van der Waals surface area contributed by atoms with Crippen molar-refractivity contribution in [3.05, 3.63) is 64.5 Å². The third-order valence-corrected chi connectivity index (χ3v) is 4.57. The Labute approximate surface area is 144 Å². The van der Waals surface area contributed by atoms with Gasteiger partial charge in [0.1, 0.15) is 5.82 Å². The molecule has 0 radical (unpaired) electrons. The summed E-state index contributed by atoms with van der Waals surface area (Å²) in [6.45, 7) is 3.18. The number of anilines is 1. The first-order valence-electron chi connectivity index (χ1n) is 8.31. The van der Waals surface area contributed by atoms with E-state index in [1.165, 1.54) is 12.1 Å². The molecular weight excluding hydrogens is 332 g/mol. The molecule has 0 amide bonds. The third kappa shape index (κ3) is 3.95. The monoisotopic (exact) mass is 352 g/mol. The number of hydrogen-bond donors (Lipinski definition) is 2. The van der Waals surface area contributed by atoms with Crippen LogP contribution in [0.25, 0.3) is 0 Å². The normalized spacial score (nSPS) is 16.0. The zero-order valence-corrected chi connectivity index (χ0v) is 13.9. The predicted octanol–water partition coefficient (Wildman–Crippen LogP) is 4.71. The van der Waals surface area contributed by atoms with Gasteiger partial charge in [-0.15, -0.1) is 0 Å². The van der Waals surface area contributed by atoms with Crippen molar-refractivity contribution >= 4 is 5.69 Å². The van der Waals surface area contributed by atoms with E-state index < -0.39 is 11.7 Å². The number of halogens is 4. The van der Waals surface area contributed by atoms with E-state index in [1.807, 2.05) is 0 Å². The lowest BCUT2D eigenvalue weighted by Crippen LogP contribution is -2.18. The fourth-order valence-corrected chi connectivity index (χ4v) is 3.22. The van der Waals surface area contributed by atoms with Crippen molar-refractivity contribution < 1.29 is 17.6 Å². The smallest absolute Gasteiger partial charge is 0.378 e. The average molecular weight is 352 g/mol. The zero-order chi connectivity index (χ0) is 18.0. The molecule has 1 heterocycles. The lowest BCUT2D eigenvalue weighted by Gasteiger charge is -2.24. The van der Waals surface area contributed by atoms with Gasteiger partial charge in [-0.05, 0) is 67.7 Å². The topological polar surface area (TPSA) is 24.1 Å². The molecular formula is C19H20F4N2. The Bertz CT molecular complexity index is 738. The molecule has 0 unspecified atom stereocenters. The lowest BCUT2D eigenvalue weighted by molar-refractivity contribution is -0.137. The quantitative estimate of drug-likeness (QED) is 0.782. The summed E-state index contributed by atoms with van der Waals surface area (Å²) in [5.74, 6) is -0.369. The van der Waals surface area contributed by atoms with Crippen LogP contribution in [0.5, 0.6) is 0 Å². The second kappa shape index (κ2) is 7.04. The molecule has 1 atom stereocenters. The highest BCUT2D eigenvalue weighted by Gasteiger charge is 2.35. The predicted molar refractivity (Wildman–Crippen MR) is 90.2 cm³/mol. The Morgan fingerprint density at radius 3 is 2.36 bits per heavy atom. The van der Waals surface area contributed by atoms with E-state index >= 15 is 0 Å². The number of hydrogen-bond acceptors (Lipinski definition) is 2. The van der Waals surface area contributed by atoms with Crippen molar-refractivity contribution in [2.45, 2.75) is 32.0 Å². The first-order chi connectivity index (χ1) is 11.9. The van der Waals surface area contributed by atoms with Crippen molar-refractivity contribution in [3.63, 3.8) is 0 Å². The van der Waals surface area contributed by atoms with Gasteiger partial charge in [0.05, 0.1) is 11.3 Å². The molecule has 2 aromatic carbocycles. The molecule has 6 heteroatoms. The van der Waals surface area contributed by atoms with Gasteiger partial charge in [-0.2, -0.15) is 13.2 Å². The highest BCUT2D eigenvalue weighted by atomic mass is 19.4. The molecule has 0 saturated carbocycles. The van der Waals surface area contributed by atoms with Crippen LogP contribution in [-0.4, -0.2) is 13.1 Å². The fraction of sp³-hybridized carbons (Fsp3) is 0.368. The van der Waals surface area contributed by atoms with Gasteiger partial charge >= 0.3 is 6.18 Å². The molecule has 2 nitrogen and oxygen atoms in total. The molecule has 0 aliphatic carbocycles. The molecule has 1 aliphatic rings. The van der Waals surface area contributed by atoms with Crippen molar-refractivity contribution in [1.29, 1.82) is 0 Å². The fourth-order valence-electron chi connectivity index (χ4n) is 3.22. The Balaban J connectivity index is 2.01. The van der Waals surface area contributed by atoms with Gasteiger partial charge < -0.3 is 10.6 Å². The van der Waals surface area contributed by atoms with E-state index in [4.69, 9.17) is 0 Å². The molecule has 0 spiro atoms. The second-order valence-corrected chi connectivity index (χ2v) is 6.29. The molecule has 25 heavy (non-hydrogen) atoms. The standard InChI is InChI=1S/C19H20F4N2/c1-12(13-2-5-15(20)6-3-13)25-18-16-9-11-24-10-8-14(16)4-7-17(18)19(21,22)23/h2-7,12,24-25H,8-11H2,1H3/t12-/m0/s1. The van der Waals surface area contributed by atoms with Crippen molar-refractivity contribution in [2.75, 3.05) is 18.4 Å². The second-order valence-electron chi connectivity index (χ2n) is 6.29. The number of rotatable bonds is 3. The summed E-state index contributed by atoms with van der Waals surface area (Å²) in [5.41, 5.74) is 1.88. The van der Waals surface area contributed by atoms with Crippen LogP contribution in [0, 0.1) is 5.82 Å². The van der Waals surface area contributed by atoms with Gasteiger partial charge in [0, 0.05) is 6.04 Å². The highest BCUT2D eigenvalue weighted by Crippen LogP contribution is 2.40. The Hall–Kier alpha value is -2.08. The minimum absolute atomic E-state index is 0.144. The van der Waals surface area contributed by atoms with Gasteiger partial charge in [-0.25, -0.2) is 4.39 Å². The van der Waals surface area contributed by atoms with Gasteiger partial charge in [-0.3, -0.25) is 0 Å². The van der Waals surface area contributed by atoms with Crippen LogP contribution >= 0.6 is 0 Å². The number of alkyl halides is 3. The van der Waals surface area contributed by atoms with Crippen LogP contribution < -0.4 is 10.6 Å². The van der Waals surface area contributed by atoms with Crippen LogP contribution in [-0.2, 0) is 19.0 Å². The molecule has 2 N–H and O–H groups in total. The van der Waals surface area contributed by atoms with Crippen LogP contribution in [0.15, 0.2) is 36.4 Å². The molecule has 1 aliphatic heterocycles. The Morgan fingerprint density at radius 2 is 1.68 bits per heavy atom. The first kappa shape index (κ1) is 17.7. The third-order valence-electron chi connectivity index (χ3n) is 4.57. The summed E-state index contributed by atoms with van der Waals surface area (Å²) in [5, 5.41) is 6.26.